The second-order valence-corrected chi connectivity index (χ2v) is 4.47. The lowest BCUT2D eigenvalue weighted by molar-refractivity contribution is 0.110. The maximum Gasteiger partial charge on any atom is 0.214 e. The van der Waals surface area contributed by atoms with E-state index in [9.17, 15) is 0 Å². The van der Waals surface area contributed by atoms with Crippen LogP contribution >= 0.6 is 0 Å². The SMILES string of the molecule is CN1CCC(Oc2cccc(C(N)=NO)n2)CC1. The second kappa shape index (κ2) is 5.68. The molecule has 1 aliphatic rings. The van der Waals surface area contributed by atoms with Gasteiger partial charge in [0.1, 0.15) is 11.8 Å². The van der Waals surface area contributed by atoms with Gasteiger partial charge in [-0.1, -0.05) is 11.2 Å². The summed E-state index contributed by atoms with van der Waals surface area (Å²) >= 11 is 0. The normalized spacial score (nSPS) is 18.8. The molecule has 1 saturated heterocycles. The fourth-order valence-corrected chi connectivity index (χ4v) is 1.95. The number of oxime groups is 1. The molecule has 1 aromatic rings. The third kappa shape index (κ3) is 3.10. The molecule has 2 heterocycles. The highest BCUT2D eigenvalue weighted by Crippen LogP contribution is 2.16. The van der Waals surface area contributed by atoms with Crippen molar-refractivity contribution < 1.29 is 9.94 Å². The average Bonchev–Trinajstić information content (AvgIpc) is 2.41. The molecule has 0 amide bonds. The van der Waals surface area contributed by atoms with Crippen LogP contribution in [0.3, 0.4) is 0 Å². The number of nitrogens with zero attached hydrogens (tertiary/aromatic N) is 3. The molecule has 0 radical (unpaired) electrons. The van der Waals surface area contributed by atoms with Crippen LogP contribution in [0.25, 0.3) is 0 Å². The topological polar surface area (TPSA) is 84.0 Å². The van der Waals surface area contributed by atoms with Crippen LogP contribution in [0.2, 0.25) is 0 Å². The van der Waals surface area contributed by atoms with E-state index in [-0.39, 0.29) is 11.9 Å². The third-order valence-electron chi connectivity index (χ3n) is 3.05. The zero-order valence-corrected chi connectivity index (χ0v) is 10.4. The van der Waals surface area contributed by atoms with E-state index in [1.165, 1.54) is 0 Å². The van der Waals surface area contributed by atoms with Gasteiger partial charge in [0.25, 0.3) is 0 Å². The number of nitrogens with two attached hydrogens (primary N) is 1. The summed E-state index contributed by atoms with van der Waals surface area (Å²) in [5.41, 5.74) is 5.91. The summed E-state index contributed by atoms with van der Waals surface area (Å²) in [6.45, 7) is 2.06. The van der Waals surface area contributed by atoms with Crippen LogP contribution in [0.1, 0.15) is 18.5 Å². The lowest BCUT2D eigenvalue weighted by Crippen LogP contribution is -2.35. The number of ether oxygens (including phenoxy) is 1. The molecular weight excluding hydrogens is 232 g/mol. The summed E-state index contributed by atoms with van der Waals surface area (Å²) in [6, 6.07) is 5.24. The second-order valence-electron chi connectivity index (χ2n) is 4.47. The van der Waals surface area contributed by atoms with Crippen molar-refractivity contribution in [2.24, 2.45) is 10.9 Å². The van der Waals surface area contributed by atoms with Gasteiger partial charge in [-0.2, -0.15) is 0 Å². The Hall–Kier alpha value is -1.82. The fourth-order valence-electron chi connectivity index (χ4n) is 1.95. The molecule has 1 aliphatic heterocycles. The minimum Gasteiger partial charge on any atom is -0.474 e. The molecule has 6 heteroatoms. The molecule has 0 saturated carbocycles. The van der Waals surface area contributed by atoms with Crippen molar-refractivity contribution in [3.05, 3.63) is 23.9 Å². The van der Waals surface area contributed by atoms with Gasteiger partial charge in [-0.25, -0.2) is 4.98 Å². The van der Waals surface area contributed by atoms with Gasteiger partial charge < -0.3 is 20.6 Å². The molecule has 18 heavy (non-hydrogen) atoms. The molecule has 1 aromatic heterocycles. The van der Waals surface area contributed by atoms with E-state index in [2.05, 4.69) is 22.1 Å². The smallest absolute Gasteiger partial charge is 0.214 e. The van der Waals surface area contributed by atoms with Crippen molar-refractivity contribution in [3.63, 3.8) is 0 Å². The summed E-state index contributed by atoms with van der Waals surface area (Å²) in [7, 11) is 2.10. The summed E-state index contributed by atoms with van der Waals surface area (Å²) in [6.07, 6.45) is 2.18. The molecule has 0 spiro atoms. The fraction of sp³-hybridized carbons (Fsp3) is 0.500. The van der Waals surface area contributed by atoms with Crippen LogP contribution in [0.4, 0.5) is 0 Å². The molecule has 0 atom stereocenters. The minimum absolute atomic E-state index is 0.0103. The first kappa shape index (κ1) is 12.6. The van der Waals surface area contributed by atoms with E-state index >= 15 is 0 Å². The monoisotopic (exact) mass is 250 g/mol. The van der Waals surface area contributed by atoms with Crippen molar-refractivity contribution >= 4 is 5.84 Å². The molecule has 0 aliphatic carbocycles. The summed E-state index contributed by atoms with van der Waals surface area (Å²) < 4.78 is 5.81. The Balaban J connectivity index is 2.01. The zero-order chi connectivity index (χ0) is 13.0. The van der Waals surface area contributed by atoms with Crippen molar-refractivity contribution in [1.29, 1.82) is 0 Å². The Kier molecular flexibility index (Phi) is 3.99. The first-order valence-electron chi connectivity index (χ1n) is 5.99. The first-order chi connectivity index (χ1) is 8.69. The highest BCUT2D eigenvalue weighted by Gasteiger charge is 2.18. The van der Waals surface area contributed by atoms with E-state index in [1.807, 2.05) is 0 Å². The molecule has 1 fully saturated rings. The molecule has 0 bridgehead atoms. The van der Waals surface area contributed by atoms with Gasteiger partial charge in [-0.15, -0.1) is 0 Å². The van der Waals surface area contributed by atoms with E-state index < -0.39 is 0 Å². The van der Waals surface area contributed by atoms with Crippen LogP contribution in [0.5, 0.6) is 5.88 Å². The Morgan fingerprint density at radius 2 is 2.22 bits per heavy atom. The lowest BCUT2D eigenvalue weighted by Gasteiger charge is -2.28. The van der Waals surface area contributed by atoms with Crippen molar-refractivity contribution in [3.8, 4) is 5.88 Å². The number of pyridine rings is 1. The van der Waals surface area contributed by atoms with Crippen molar-refractivity contribution in [2.75, 3.05) is 20.1 Å². The number of hydrogen-bond acceptors (Lipinski definition) is 5. The van der Waals surface area contributed by atoms with E-state index in [1.54, 1.807) is 18.2 Å². The van der Waals surface area contributed by atoms with Crippen LogP contribution in [0, 0.1) is 0 Å². The maximum atomic E-state index is 8.61. The van der Waals surface area contributed by atoms with Crippen LogP contribution in [0.15, 0.2) is 23.4 Å². The summed E-state index contributed by atoms with van der Waals surface area (Å²) in [5.74, 6) is 0.512. The standard InChI is InChI=1S/C12H18N4O2/c1-16-7-5-9(6-8-16)18-11-4-2-3-10(14-11)12(13)15-17/h2-4,9,17H,5-8H2,1H3,(H2,13,15). The zero-order valence-electron chi connectivity index (χ0n) is 10.4. The van der Waals surface area contributed by atoms with Gasteiger partial charge in [-0.05, 0) is 26.0 Å². The van der Waals surface area contributed by atoms with Gasteiger partial charge in [0, 0.05) is 19.2 Å². The van der Waals surface area contributed by atoms with Gasteiger partial charge in [-0.3, -0.25) is 0 Å². The van der Waals surface area contributed by atoms with Crippen LogP contribution in [-0.2, 0) is 0 Å². The van der Waals surface area contributed by atoms with Gasteiger partial charge in [0.15, 0.2) is 5.84 Å². The summed E-state index contributed by atoms with van der Waals surface area (Å²) in [4.78, 5) is 6.48. The molecule has 2 rings (SSSR count). The average molecular weight is 250 g/mol. The quantitative estimate of drug-likeness (QED) is 0.356. The number of piperidine rings is 1. The van der Waals surface area contributed by atoms with E-state index in [4.69, 9.17) is 15.7 Å². The Labute approximate surface area is 106 Å². The molecule has 0 aromatic carbocycles. The number of hydrogen-bond donors (Lipinski definition) is 2. The number of rotatable bonds is 3. The molecule has 3 N–H and O–H groups in total. The Bertz CT molecular complexity index is 428. The van der Waals surface area contributed by atoms with Gasteiger partial charge in [0.05, 0.1) is 0 Å². The predicted molar refractivity (Wildman–Crippen MR) is 67.9 cm³/mol. The number of aromatic nitrogens is 1. The Morgan fingerprint density at radius 1 is 1.50 bits per heavy atom. The van der Waals surface area contributed by atoms with Crippen molar-refractivity contribution in [1.82, 2.24) is 9.88 Å². The molecular formula is C12H18N4O2. The minimum atomic E-state index is -0.0103. The van der Waals surface area contributed by atoms with Crippen molar-refractivity contribution in [2.45, 2.75) is 18.9 Å². The number of amidine groups is 1. The lowest BCUT2D eigenvalue weighted by atomic mass is 10.1. The molecule has 0 unspecified atom stereocenters. The van der Waals surface area contributed by atoms with E-state index in [0.29, 0.717) is 11.6 Å². The highest BCUT2D eigenvalue weighted by atomic mass is 16.5. The first-order valence-corrected chi connectivity index (χ1v) is 5.99. The predicted octanol–water partition coefficient (Wildman–Crippen LogP) is 0.649. The van der Waals surface area contributed by atoms with Gasteiger partial charge in [0.2, 0.25) is 5.88 Å². The molecule has 6 nitrogen and oxygen atoms in total. The maximum absolute atomic E-state index is 8.61. The number of likely N-dealkylation sites (tertiary alicyclic amines) is 1. The van der Waals surface area contributed by atoms with Gasteiger partial charge >= 0.3 is 0 Å². The van der Waals surface area contributed by atoms with Crippen LogP contribution < -0.4 is 10.5 Å². The highest BCUT2D eigenvalue weighted by molar-refractivity contribution is 5.95. The van der Waals surface area contributed by atoms with E-state index in [0.717, 1.165) is 25.9 Å². The molecule has 98 valence electrons. The third-order valence-corrected chi connectivity index (χ3v) is 3.05. The largest absolute Gasteiger partial charge is 0.474 e. The van der Waals surface area contributed by atoms with Crippen LogP contribution in [-0.4, -0.2) is 47.2 Å². The Morgan fingerprint density at radius 3 is 2.89 bits per heavy atom. The summed E-state index contributed by atoms with van der Waals surface area (Å²) in [5, 5.41) is 11.5.